The van der Waals surface area contributed by atoms with E-state index in [1.165, 1.54) is 6.42 Å². The second-order valence-electron chi connectivity index (χ2n) is 4.97. The molecule has 2 atom stereocenters. The van der Waals surface area contributed by atoms with Crippen molar-refractivity contribution in [3.63, 3.8) is 0 Å². The van der Waals surface area contributed by atoms with Crippen LogP contribution in [0.25, 0.3) is 11.1 Å². The maximum atomic E-state index is 11.1. The molecule has 1 aliphatic rings. The predicted molar refractivity (Wildman–Crippen MR) is 69.4 cm³/mol. The van der Waals surface area contributed by atoms with Crippen LogP contribution < -0.4 is 16.8 Å². The first-order chi connectivity index (χ1) is 8.72. The Balaban J connectivity index is 1.81. The smallest absolute Gasteiger partial charge is 0.408 e. The average Bonchev–Trinajstić information content (AvgIpc) is 2.95. The van der Waals surface area contributed by atoms with Crippen LogP contribution in [0, 0.1) is 5.92 Å². The number of nitrogens with one attached hydrogen (secondary N) is 2. The molecule has 5 nitrogen and oxygen atoms in total. The van der Waals surface area contributed by atoms with Gasteiger partial charge in [0.25, 0.3) is 0 Å². The number of oxazole rings is 1. The second-order valence-corrected chi connectivity index (χ2v) is 4.97. The number of nitrogens with two attached hydrogens (primary N) is 1. The Labute approximate surface area is 104 Å². The largest absolute Gasteiger partial charge is 0.417 e. The van der Waals surface area contributed by atoms with Crippen LogP contribution in [0.15, 0.2) is 27.4 Å². The molecule has 18 heavy (non-hydrogen) atoms. The van der Waals surface area contributed by atoms with E-state index < -0.39 is 5.76 Å². The van der Waals surface area contributed by atoms with E-state index in [1.807, 2.05) is 18.2 Å². The Kier molecular flexibility index (Phi) is 2.93. The predicted octanol–water partition coefficient (Wildman–Crippen LogP) is 1.12. The zero-order chi connectivity index (χ0) is 12.5. The van der Waals surface area contributed by atoms with Gasteiger partial charge in [0.1, 0.15) is 0 Å². The minimum Gasteiger partial charge on any atom is -0.408 e. The molecule has 0 bridgehead atoms. The number of H-pyrrole nitrogens is 1. The summed E-state index contributed by atoms with van der Waals surface area (Å²) in [4.78, 5) is 13.7. The molecule has 0 aliphatic carbocycles. The van der Waals surface area contributed by atoms with Gasteiger partial charge in [-0.1, -0.05) is 6.07 Å². The summed E-state index contributed by atoms with van der Waals surface area (Å²) in [6.07, 6.45) is 2.16. The summed E-state index contributed by atoms with van der Waals surface area (Å²) in [5.74, 6) is 0.227. The standard InChI is InChI=1S/C13H17N3O2/c14-10(5-8-3-4-15-7-8)9-1-2-11-12(6-9)18-13(17)16-11/h1-2,6,8,10,15H,3-5,7,14H2,(H,16,17). The first-order valence-corrected chi connectivity index (χ1v) is 6.31. The topological polar surface area (TPSA) is 84.0 Å². The van der Waals surface area contributed by atoms with E-state index in [0.717, 1.165) is 30.6 Å². The third kappa shape index (κ3) is 2.19. The van der Waals surface area contributed by atoms with Gasteiger partial charge in [0.05, 0.1) is 5.52 Å². The monoisotopic (exact) mass is 247 g/mol. The fraction of sp³-hybridized carbons (Fsp3) is 0.462. The highest BCUT2D eigenvalue weighted by Crippen LogP contribution is 2.24. The first-order valence-electron chi connectivity index (χ1n) is 6.31. The third-order valence-electron chi connectivity index (χ3n) is 3.62. The summed E-state index contributed by atoms with van der Waals surface area (Å²) in [6, 6.07) is 5.67. The summed E-state index contributed by atoms with van der Waals surface area (Å²) in [5.41, 5.74) is 8.54. The van der Waals surface area contributed by atoms with Crippen LogP contribution >= 0.6 is 0 Å². The van der Waals surface area contributed by atoms with Crippen molar-refractivity contribution >= 4 is 11.1 Å². The van der Waals surface area contributed by atoms with E-state index in [9.17, 15) is 4.79 Å². The maximum Gasteiger partial charge on any atom is 0.417 e. The molecule has 0 amide bonds. The van der Waals surface area contributed by atoms with Crippen molar-refractivity contribution in [3.8, 4) is 0 Å². The van der Waals surface area contributed by atoms with Crippen LogP contribution in [-0.4, -0.2) is 18.1 Å². The lowest BCUT2D eigenvalue weighted by molar-refractivity contribution is 0.472. The van der Waals surface area contributed by atoms with Gasteiger partial charge >= 0.3 is 5.76 Å². The molecule has 4 N–H and O–H groups in total. The number of aromatic nitrogens is 1. The Bertz CT molecular complexity index is 596. The number of rotatable bonds is 3. The SMILES string of the molecule is NC(CC1CCNC1)c1ccc2[nH]c(=O)oc2c1. The van der Waals surface area contributed by atoms with Gasteiger partial charge in [0.15, 0.2) is 5.58 Å². The summed E-state index contributed by atoms with van der Waals surface area (Å²) in [7, 11) is 0. The Morgan fingerprint density at radius 2 is 2.39 bits per heavy atom. The highest BCUT2D eigenvalue weighted by Gasteiger charge is 2.19. The quantitative estimate of drug-likeness (QED) is 0.759. The van der Waals surface area contributed by atoms with Crippen LogP contribution in [0.3, 0.4) is 0 Å². The van der Waals surface area contributed by atoms with Crippen LogP contribution in [0.4, 0.5) is 0 Å². The van der Waals surface area contributed by atoms with Crippen LogP contribution in [-0.2, 0) is 0 Å². The molecule has 5 heteroatoms. The lowest BCUT2D eigenvalue weighted by atomic mass is 9.95. The molecule has 1 aliphatic heterocycles. The minimum absolute atomic E-state index is 0.000461. The lowest BCUT2D eigenvalue weighted by Crippen LogP contribution is -2.17. The van der Waals surface area contributed by atoms with E-state index in [4.69, 9.17) is 10.2 Å². The molecule has 2 heterocycles. The summed E-state index contributed by atoms with van der Waals surface area (Å²) in [5, 5.41) is 3.34. The van der Waals surface area contributed by atoms with Crippen molar-refractivity contribution in [2.45, 2.75) is 18.9 Å². The minimum atomic E-state index is -0.421. The summed E-state index contributed by atoms with van der Waals surface area (Å²) < 4.78 is 5.05. The van der Waals surface area contributed by atoms with Gasteiger partial charge in [-0.3, -0.25) is 4.98 Å². The second kappa shape index (κ2) is 4.59. The van der Waals surface area contributed by atoms with Crippen LogP contribution in [0.5, 0.6) is 0 Å². The fourth-order valence-electron chi connectivity index (χ4n) is 2.60. The molecule has 2 unspecified atom stereocenters. The molecule has 1 saturated heterocycles. The highest BCUT2D eigenvalue weighted by molar-refractivity contribution is 5.72. The van der Waals surface area contributed by atoms with Gasteiger partial charge in [-0.05, 0) is 49.5 Å². The van der Waals surface area contributed by atoms with E-state index >= 15 is 0 Å². The van der Waals surface area contributed by atoms with Gasteiger partial charge in [-0.2, -0.15) is 0 Å². The molecule has 0 spiro atoms. The van der Waals surface area contributed by atoms with Gasteiger partial charge in [0.2, 0.25) is 0 Å². The Morgan fingerprint density at radius 3 is 3.17 bits per heavy atom. The highest BCUT2D eigenvalue weighted by atomic mass is 16.4. The molecule has 3 rings (SSSR count). The zero-order valence-corrected chi connectivity index (χ0v) is 10.1. The van der Waals surface area contributed by atoms with Crippen molar-refractivity contribution in [1.29, 1.82) is 0 Å². The third-order valence-corrected chi connectivity index (χ3v) is 3.62. The number of aromatic amines is 1. The Hall–Kier alpha value is -1.59. The van der Waals surface area contributed by atoms with Gasteiger partial charge in [-0.25, -0.2) is 4.79 Å². The van der Waals surface area contributed by atoms with Crippen LogP contribution in [0.1, 0.15) is 24.4 Å². The molecule has 96 valence electrons. The Morgan fingerprint density at radius 1 is 1.50 bits per heavy atom. The van der Waals surface area contributed by atoms with E-state index in [1.54, 1.807) is 0 Å². The van der Waals surface area contributed by atoms with Gasteiger partial charge in [0, 0.05) is 6.04 Å². The summed E-state index contributed by atoms with van der Waals surface area (Å²) >= 11 is 0. The zero-order valence-electron chi connectivity index (χ0n) is 10.1. The molecule has 0 radical (unpaired) electrons. The van der Waals surface area contributed by atoms with Crippen molar-refractivity contribution in [2.75, 3.05) is 13.1 Å². The van der Waals surface area contributed by atoms with Crippen LogP contribution in [0.2, 0.25) is 0 Å². The fourth-order valence-corrected chi connectivity index (χ4v) is 2.60. The number of hydrogen-bond donors (Lipinski definition) is 3. The van der Waals surface area contributed by atoms with E-state index in [-0.39, 0.29) is 6.04 Å². The maximum absolute atomic E-state index is 11.1. The lowest BCUT2D eigenvalue weighted by Gasteiger charge is -2.16. The van der Waals surface area contributed by atoms with Gasteiger partial charge < -0.3 is 15.5 Å². The van der Waals surface area contributed by atoms with Crippen molar-refractivity contribution < 1.29 is 4.42 Å². The van der Waals surface area contributed by atoms with Gasteiger partial charge in [-0.15, -0.1) is 0 Å². The summed E-state index contributed by atoms with van der Waals surface area (Å²) in [6.45, 7) is 2.14. The normalized spacial score (nSPS) is 21.5. The molecule has 1 aromatic carbocycles. The van der Waals surface area contributed by atoms with E-state index in [0.29, 0.717) is 11.5 Å². The van der Waals surface area contributed by atoms with E-state index in [2.05, 4.69) is 10.3 Å². The molecule has 0 saturated carbocycles. The number of hydrogen-bond acceptors (Lipinski definition) is 4. The molecular formula is C13H17N3O2. The first kappa shape index (κ1) is 11.5. The molecule has 1 aromatic heterocycles. The average molecular weight is 247 g/mol. The number of benzene rings is 1. The molecular weight excluding hydrogens is 230 g/mol. The van der Waals surface area contributed by atoms with Crippen molar-refractivity contribution in [3.05, 3.63) is 34.3 Å². The number of fused-ring (bicyclic) bond motifs is 1. The van der Waals surface area contributed by atoms with Crippen molar-refractivity contribution in [2.24, 2.45) is 11.7 Å². The molecule has 2 aromatic rings. The molecule has 1 fully saturated rings. The van der Waals surface area contributed by atoms with Crippen molar-refractivity contribution in [1.82, 2.24) is 10.3 Å².